The zero-order chi connectivity index (χ0) is 17.8. The first-order valence-corrected chi connectivity index (χ1v) is 9.38. The Balaban J connectivity index is 1.63. The van der Waals surface area contributed by atoms with Gasteiger partial charge in [0.05, 0.1) is 12.4 Å². The molecule has 3 aromatic rings. The molecule has 0 aliphatic rings. The molecule has 9 heteroatoms. The Hall–Kier alpha value is -2.39. The molecule has 0 saturated heterocycles. The van der Waals surface area contributed by atoms with Crippen LogP contribution in [0.25, 0.3) is 10.9 Å². The van der Waals surface area contributed by atoms with Gasteiger partial charge in [-0.3, -0.25) is 14.9 Å². The van der Waals surface area contributed by atoms with Crippen molar-refractivity contribution in [1.29, 1.82) is 0 Å². The molecule has 2 aromatic heterocycles. The third-order valence-electron chi connectivity index (χ3n) is 3.27. The molecular weight excluding hydrogens is 360 g/mol. The lowest BCUT2D eigenvalue weighted by Gasteiger charge is -1.98. The van der Waals surface area contributed by atoms with E-state index < -0.39 is 0 Å². The highest BCUT2D eigenvalue weighted by molar-refractivity contribution is 8.01. The number of nitrogens with zero attached hydrogens (tertiary/aromatic N) is 2. The number of thioether (sulfide) groups is 1. The molecule has 3 rings (SSSR count). The quantitative estimate of drug-likeness (QED) is 0.389. The molecular formula is C16H16N4O3S2. The smallest absolute Gasteiger partial charge is 0.316 e. The first-order valence-electron chi connectivity index (χ1n) is 7.58. The molecule has 0 radical (unpaired) electrons. The molecule has 0 bridgehead atoms. The van der Waals surface area contributed by atoms with Gasteiger partial charge in [0.1, 0.15) is 5.69 Å². The molecule has 0 fully saturated rings. The van der Waals surface area contributed by atoms with Gasteiger partial charge in [-0.05, 0) is 31.5 Å². The lowest BCUT2D eigenvalue weighted by atomic mass is 10.2. The highest BCUT2D eigenvalue weighted by Crippen LogP contribution is 2.26. The highest BCUT2D eigenvalue weighted by atomic mass is 32.2. The maximum absolute atomic E-state index is 12.3. The van der Waals surface area contributed by atoms with Crippen molar-refractivity contribution in [3.05, 3.63) is 35.5 Å². The number of aryl methyl sites for hydroxylation is 1. The van der Waals surface area contributed by atoms with Crippen molar-refractivity contribution >= 4 is 51.0 Å². The lowest BCUT2D eigenvalue weighted by Crippen LogP contribution is -2.11. The summed E-state index contributed by atoms with van der Waals surface area (Å²) < 4.78 is 5.45. The fourth-order valence-electron chi connectivity index (χ4n) is 2.17. The number of ether oxygens (including phenoxy) is 1. The molecule has 2 N–H and O–H groups in total. The summed E-state index contributed by atoms with van der Waals surface area (Å²) in [5, 5.41) is 11.9. The number of carbonyl (C=O) groups excluding carboxylic acids is 2. The lowest BCUT2D eigenvalue weighted by molar-refractivity contribution is -0.139. The second-order valence-corrected chi connectivity index (χ2v) is 7.39. The molecule has 0 saturated carbocycles. The number of hydrogen-bond acceptors (Lipinski definition) is 7. The normalized spacial score (nSPS) is 10.8. The predicted octanol–water partition coefficient (Wildman–Crippen LogP) is 3.24. The number of rotatable bonds is 6. The molecule has 130 valence electrons. The second-order valence-electron chi connectivity index (χ2n) is 5.19. The van der Waals surface area contributed by atoms with Gasteiger partial charge in [0.2, 0.25) is 5.13 Å². The van der Waals surface area contributed by atoms with Crippen LogP contribution in [0.1, 0.15) is 23.0 Å². The van der Waals surface area contributed by atoms with Crippen molar-refractivity contribution in [2.24, 2.45) is 0 Å². The van der Waals surface area contributed by atoms with Gasteiger partial charge in [0.15, 0.2) is 4.34 Å². The predicted molar refractivity (Wildman–Crippen MR) is 98.3 cm³/mol. The number of fused-ring (bicyclic) bond motifs is 1. The average Bonchev–Trinajstić information content (AvgIpc) is 3.19. The Kier molecular flexibility index (Phi) is 5.34. The van der Waals surface area contributed by atoms with Crippen LogP contribution in [0.2, 0.25) is 0 Å². The van der Waals surface area contributed by atoms with Gasteiger partial charge in [-0.15, -0.1) is 10.2 Å². The second kappa shape index (κ2) is 7.66. The minimum atomic E-state index is -0.304. The first kappa shape index (κ1) is 17.4. The van der Waals surface area contributed by atoms with E-state index in [9.17, 15) is 9.59 Å². The highest BCUT2D eigenvalue weighted by Gasteiger charge is 2.14. The summed E-state index contributed by atoms with van der Waals surface area (Å²) in [6.07, 6.45) is 0. The van der Waals surface area contributed by atoms with E-state index in [0.29, 0.717) is 21.8 Å². The van der Waals surface area contributed by atoms with E-state index in [1.807, 2.05) is 25.1 Å². The Bertz CT molecular complexity index is 919. The zero-order valence-electron chi connectivity index (χ0n) is 13.7. The molecule has 1 aromatic carbocycles. The van der Waals surface area contributed by atoms with Crippen molar-refractivity contribution in [3.8, 4) is 0 Å². The standard InChI is InChI=1S/C16H16N4O3S2/c1-3-23-13(21)8-24-16-20-19-15(25-16)18-14(22)12-7-10-5-4-9(2)6-11(10)17-12/h4-7,17H,3,8H2,1-2H3,(H,18,19,22). The number of aromatic nitrogens is 3. The molecule has 0 spiro atoms. The van der Waals surface area contributed by atoms with Crippen LogP contribution in [0.4, 0.5) is 5.13 Å². The van der Waals surface area contributed by atoms with Crippen molar-refractivity contribution in [2.45, 2.75) is 18.2 Å². The van der Waals surface area contributed by atoms with E-state index in [2.05, 4.69) is 20.5 Å². The Labute approximate surface area is 152 Å². The number of esters is 1. The van der Waals surface area contributed by atoms with Crippen molar-refractivity contribution in [3.63, 3.8) is 0 Å². The number of amides is 1. The van der Waals surface area contributed by atoms with Crippen LogP contribution in [0, 0.1) is 6.92 Å². The monoisotopic (exact) mass is 376 g/mol. The van der Waals surface area contributed by atoms with Gasteiger partial charge in [0.25, 0.3) is 5.91 Å². The summed E-state index contributed by atoms with van der Waals surface area (Å²) in [5.74, 6) is -0.425. The van der Waals surface area contributed by atoms with E-state index in [-0.39, 0.29) is 17.6 Å². The van der Waals surface area contributed by atoms with E-state index >= 15 is 0 Å². The van der Waals surface area contributed by atoms with Crippen molar-refractivity contribution in [2.75, 3.05) is 17.7 Å². The Morgan fingerprint density at radius 2 is 2.16 bits per heavy atom. The van der Waals surface area contributed by atoms with E-state index in [4.69, 9.17) is 4.74 Å². The van der Waals surface area contributed by atoms with Crippen molar-refractivity contribution in [1.82, 2.24) is 15.2 Å². The summed E-state index contributed by atoms with van der Waals surface area (Å²) >= 11 is 2.44. The third kappa shape index (κ3) is 4.37. The van der Waals surface area contributed by atoms with Gasteiger partial charge in [0, 0.05) is 10.9 Å². The van der Waals surface area contributed by atoms with Gasteiger partial charge < -0.3 is 9.72 Å². The molecule has 7 nitrogen and oxygen atoms in total. The minimum absolute atomic E-state index is 0.164. The summed E-state index contributed by atoms with van der Waals surface area (Å²) in [5.41, 5.74) is 2.48. The summed E-state index contributed by atoms with van der Waals surface area (Å²) in [4.78, 5) is 26.8. The number of H-pyrrole nitrogens is 1. The van der Waals surface area contributed by atoms with Gasteiger partial charge in [-0.1, -0.05) is 35.2 Å². The molecule has 0 aliphatic heterocycles. The summed E-state index contributed by atoms with van der Waals surface area (Å²) in [6.45, 7) is 4.10. The fourth-order valence-corrected chi connectivity index (χ4v) is 3.71. The van der Waals surface area contributed by atoms with Crippen LogP contribution in [-0.4, -0.2) is 39.4 Å². The number of anilines is 1. The molecule has 0 atom stereocenters. The number of nitrogens with one attached hydrogen (secondary N) is 2. The summed E-state index contributed by atoms with van der Waals surface area (Å²) in [6, 6.07) is 7.74. The minimum Gasteiger partial charge on any atom is -0.465 e. The molecule has 25 heavy (non-hydrogen) atoms. The number of carbonyl (C=O) groups is 2. The van der Waals surface area contributed by atoms with Crippen LogP contribution < -0.4 is 5.32 Å². The van der Waals surface area contributed by atoms with E-state index in [1.54, 1.807) is 13.0 Å². The number of aromatic amines is 1. The van der Waals surface area contributed by atoms with Crippen LogP contribution in [0.5, 0.6) is 0 Å². The first-order chi connectivity index (χ1) is 12.0. The Morgan fingerprint density at radius 1 is 1.32 bits per heavy atom. The topological polar surface area (TPSA) is 97.0 Å². The van der Waals surface area contributed by atoms with Gasteiger partial charge in [-0.2, -0.15) is 0 Å². The zero-order valence-corrected chi connectivity index (χ0v) is 15.3. The fraction of sp³-hybridized carbons (Fsp3) is 0.250. The van der Waals surface area contributed by atoms with Gasteiger partial charge >= 0.3 is 5.97 Å². The largest absolute Gasteiger partial charge is 0.465 e. The van der Waals surface area contributed by atoms with Crippen LogP contribution in [0.3, 0.4) is 0 Å². The van der Waals surface area contributed by atoms with Gasteiger partial charge in [-0.25, -0.2) is 0 Å². The van der Waals surface area contributed by atoms with Crippen LogP contribution in [-0.2, 0) is 9.53 Å². The molecule has 0 unspecified atom stereocenters. The number of benzene rings is 1. The van der Waals surface area contributed by atoms with Crippen molar-refractivity contribution < 1.29 is 14.3 Å². The third-order valence-corrected chi connectivity index (χ3v) is 5.21. The Morgan fingerprint density at radius 3 is 2.96 bits per heavy atom. The molecule has 0 aliphatic carbocycles. The van der Waals surface area contributed by atoms with E-state index in [1.165, 1.54) is 23.1 Å². The maximum atomic E-state index is 12.3. The molecule has 1 amide bonds. The molecule has 2 heterocycles. The average molecular weight is 376 g/mol. The maximum Gasteiger partial charge on any atom is 0.316 e. The summed E-state index contributed by atoms with van der Waals surface area (Å²) in [7, 11) is 0. The van der Waals surface area contributed by atoms with Crippen LogP contribution in [0.15, 0.2) is 28.6 Å². The van der Waals surface area contributed by atoms with Crippen LogP contribution >= 0.6 is 23.1 Å². The van der Waals surface area contributed by atoms with E-state index in [0.717, 1.165) is 16.5 Å². The number of hydrogen-bond donors (Lipinski definition) is 2. The SMILES string of the molecule is CCOC(=O)CSc1nnc(NC(=O)c2cc3ccc(C)cc3[nH]2)s1.